The van der Waals surface area contributed by atoms with Crippen LogP contribution in [0.4, 0.5) is 0 Å². The molecule has 0 spiro atoms. The molecule has 2 atom stereocenters. The molecular formula is C47H74NO8P. The zero-order chi connectivity index (χ0) is 41.8. The molecule has 0 heterocycles. The first-order valence-corrected chi connectivity index (χ1v) is 22.5. The van der Waals surface area contributed by atoms with Crippen LogP contribution in [0, 0.1) is 0 Å². The van der Waals surface area contributed by atoms with Crippen molar-refractivity contribution in [2.24, 2.45) is 5.73 Å². The highest BCUT2D eigenvalue weighted by molar-refractivity contribution is 7.47. The Labute approximate surface area is 345 Å². The van der Waals surface area contributed by atoms with Gasteiger partial charge in [0.25, 0.3) is 0 Å². The Morgan fingerprint density at radius 3 is 1.44 bits per heavy atom. The normalized spacial score (nSPS) is 14.5. The van der Waals surface area contributed by atoms with Crippen LogP contribution >= 0.6 is 7.82 Å². The van der Waals surface area contributed by atoms with Gasteiger partial charge in [-0.2, -0.15) is 0 Å². The molecule has 0 aromatic carbocycles. The third-order valence-corrected chi connectivity index (χ3v) is 8.83. The van der Waals surface area contributed by atoms with Crippen molar-refractivity contribution in [1.82, 2.24) is 0 Å². The maximum atomic E-state index is 12.5. The lowest BCUT2D eigenvalue weighted by Gasteiger charge is -2.19. The van der Waals surface area contributed by atoms with Crippen LogP contribution in [0.1, 0.15) is 129 Å². The monoisotopic (exact) mass is 812 g/mol. The molecule has 0 aliphatic carbocycles. The zero-order valence-corrected chi connectivity index (χ0v) is 35.9. The molecular weight excluding hydrogens is 737 g/mol. The molecule has 0 aliphatic rings. The van der Waals surface area contributed by atoms with Gasteiger partial charge >= 0.3 is 19.8 Å². The van der Waals surface area contributed by atoms with E-state index in [1.54, 1.807) is 0 Å². The number of hydrogen-bond donors (Lipinski definition) is 2. The first-order valence-electron chi connectivity index (χ1n) is 21.0. The second kappa shape index (κ2) is 42.0. The Kier molecular flexibility index (Phi) is 39.4. The maximum absolute atomic E-state index is 12.5. The Morgan fingerprint density at radius 1 is 0.544 bits per heavy atom. The van der Waals surface area contributed by atoms with Crippen molar-refractivity contribution >= 4 is 19.8 Å². The highest BCUT2D eigenvalue weighted by atomic mass is 31.2. The van der Waals surface area contributed by atoms with Gasteiger partial charge in [-0.25, -0.2) is 4.57 Å². The molecule has 0 rings (SSSR count). The van der Waals surface area contributed by atoms with Crippen molar-refractivity contribution in [3.63, 3.8) is 0 Å². The molecule has 0 aromatic rings. The van der Waals surface area contributed by atoms with Crippen LogP contribution in [-0.2, 0) is 32.7 Å². The van der Waals surface area contributed by atoms with E-state index < -0.39 is 32.5 Å². The minimum Gasteiger partial charge on any atom is -0.462 e. The lowest BCUT2D eigenvalue weighted by atomic mass is 10.2. The molecule has 0 amide bonds. The van der Waals surface area contributed by atoms with Crippen LogP contribution in [0.3, 0.4) is 0 Å². The third kappa shape index (κ3) is 41.9. The quantitative estimate of drug-likeness (QED) is 0.0272. The van der Waals surface area contributed by atoms with Crippen LogP contribution < -0.4 is 5.73 Å². The highest BCUT2D eigenvalue weighted by Gasteiger charge is 2.25. The molecule has 0 bridgehead atoms. The predicted octanol–water partition coefficient (Wildman–Crippen LogP) is 12.2. The van der Waals surface area contributed by atoms with E-state index in [1.807, 2.05) is 18.2 Å². The number of hydrogen-bond acceptors (Lipinski definition) is 8. The third-order valence-electron chi connectivity index (χ3n) is 7.85. The van der Waals surface area contributed by atoms with Crippen LogP contribution in [0.25, 0.3) is 0 Å². The standard InChI is InChI=1S/C47H74NO8P/c1-3-5-7-9-11-13-15-17-19-21-22-24-25-27-29-31-33-35-37-39-46(49)53-43-45(44-55-57(51,52)54-42-41-48)56-47(50)40-38-36-34-32-30-28-26-23-20-18-16-14-12-10-8-6-4-2/h5,7,11-14,17-20,22,24,26-29,32-35,45H,3-4,6,8-10,15-16,21,23,25,30-31,36-44,48H2,1-2H3,(H,51,52)/b7-5-,13-11-,14-12+,19-17-,20-18+,24-22-,28-26+,29-27-,34-32+,35-33-. The van der Waals surface area contributed by atoms with Crippen LogP contribution in [0.2, 0.25) is 0 Å². The summed E-state index contributed by atoms with van der Waals surface area (Å²) < 4.78 is 32.6. The smallest absolute Gasteiger partial charge is 0.462 e. The molecule has 0 saturated carbocycles. The minimum atomic E-state index is -4.42. The summed E-state index contributed by atoms with van der Waals surface area (Å²) in [5.41, 5.74) is 5.33. The van der Waals surface area contributed by atoms with Gasteiger partial charge in [-0.1, -0.05) is 148 Å². The number of carbonyl (C=O) groups is 2. The molecule has 9 nitrogen and oxygen atoms in total. The van der Waals surface area contributed by atoms with Gasteiger partial charge in [0.1, 0.15) is 6.61 Å². The van der Waals surface area contributed by atoms with Crippen molar-refractivity contribution in [3.8, 4) is 0 Å². The number of phosphoric acid groups is 1. The van der Waals surface area contributed by atoms with E-state index in [-0.39, 0.29) is 32.6 Å². The molecule has 3 N–H and O–H groups in total. The summed E-state index contributed by atoms with van der Waals surface area (Å²) in [6.45, 7) is 3.40. The SMILES string of the molecule is CC/C=C\C/C=C\C/C=C\C/C=C\C/C=C\C/C=C\CCC(=O)OCC(COP(=O)(O)OCCN)OC(=O)CCC/C=C/C/C=C/C/C=C/C/C=C/CCCCC. The van der Waals surface area contributed by atoms with Gasteiger partial charge in [-0.15, -0.1) is 0 Å². The summed E-state index contributed by atoms with van der Waals surface area (Å²) in [5, 5.41) is 0. The van der Waals surface area contributed by atoms with Gasteiger partial charge in [0.15, 0.2) is 6.10 Å². The molecule has 10 heteroatoms. The van der Waals surface area contributed by atoms with Gasteiger partial charge in [-0.3, -0.25) is 18.6 Å². The molecule has 0 aromatic heterocycles. The Hall–Kier alpha value is -3.59. The van der Waals surface area contributed by atoms with E-state index in [1.165, 1.54) is 19.3 Å². The molecule has 0 fully saturated rings. The number of carbonyl (C=O) groups excluding carboxylic acids is 2. The van der Waals surface area contributed by atoms with E-state index in [2.05, 4.69) is 117 Å². The lowest BCUT2D eigenvalue weighted by Crippen LogP contribution is -2.29. The topological polar surface area (TPSA) is 134 Å². The van der Waals surface area contributed by atoms with Crippen molar-refractivity contribution in [1.29, 1.82) is 0 Å². The van der Waals surface area contributed by atoms with Crippen molar-refractivity contribution in [3.05, 3.63) is 122 Å². The molecule has 320 valence electrons. The zero-order valence-electron chi connectivity index (χ0n) is 35.0. The Balaban J connectivity index is 4.43. The first kappa shape index (κ1) is 53.4. The van der Waals surface area contributed by atoms with Gasteiger partial charge < -0.3 is 20.1 Å². The van der Waals surface area contributed by atoms with Gasteiger partial charge in [-0.05, 0) is 89.9 Å². The van der Waals surface area contributed by atoms with Gasteiger partial charge in [0.2, 0.25) is 0 Å². The Morgan fingerprint density at radius 2 is 0.982 bits per heavy atom. The fourth-order valence-electron chi connectivity index (χ4n) is 4.77. The average Bonchev–Trinajstić information content (AvgIpc) is 3.20. The predicted molar refractivity (Wildman–Crippen MR) is 237 cm³/mol. The Bertz CT molecular complexity index is 1340. The molecule has 57 heavy (non-hydrogen) atoms. The summed E-state index contributed by atoms with van der Waals surface area (Å²) in [7, 11) is -4.42. The van der Waals surface area contributed by atoms with Crippen molar-refractivity contribution in [2.75, 3.05) is 26.4 Å². The summed E-state index contributed by atoms with van der Waals surface area (Å²) >= 11 is 0. The van der Waals surface area contributed by atoms with E-state index in [4.69, 9.17) is 24.3 Å². The van der Waals surface area contributed by atoms with Crippen molar-refractivity contribution in [2.45, 2.75) is 136 Å². The molecule has 0 radical (unpaired) electrons. The van der Waals surface area contributed by atoms with Gasteiger partial charge in [0, 0.05) is 19.4 Å². The summed E-state index contributed by atoms with van der Waals surface area (Å²) in [4.78, 5) is 34.8. The van der Waals surface area contributed by atoms with Crippen LogP contribution in [0.5, 0.6) is 0 Å². The van der Waals surface area contributed by atoms with Crippen LogP contribution in [0.15, 0.2) is 122 Å². The fourth-order valence-corrected chi connectivity index (χ4v) is 5.53. The second-order valence-corrected chi connectivity index (χ2v) is 14.6. The number of allylic oxidation sites excluding steroid dienone is 20. The number of nitrogens with two attached hydrogens (primary N) is 1. The number of phosphoric ester groups is 1. The number of unbranched alkanes of at least 4 members (excludes halogenated alkanes) is 4. The highest BCUT2D eigenvalue weighted by Crippen LogP contribution is 2.43. The minimum absolute atomic E-state index is 0.0279. The largest absolute Gasteiger partial charge is 0.472 e. The number of rotatable bonds is 37. The average molecular weight is 812 g/mol. The summed E-state index contributed by atoms with van der Waals surface area (Å²) in [6, 6.07) is 0. The van der Waals surface area contributed by atoms with E-state index in [0.29, 0.717) is 19.3 Å². The fraction of sp³-hybridized carbons (Fsp3) is 0.532. The molecule has 0 aliphatic heterocycles. The summed E-state index contributed by atoms with van der Waals surface area (Å²) in [5.74, 6) is -1.01. The van der Waals surface area contributed by atoms with Crippen molar-refractivity contribution < 1.29 is 37.6 Å². The maximum Gasteiger partial charge on any atom is 0.472 e. The second-order valence-electron chi connectivity index (χ2n) is 13.1. The molecule has 2 unspecified atom stereocenters. The number of ether oxygens (including phenoxy) is 2. The van der Waals surface area contributed by atoms with Gasteiger partial charge in [0.05, 0.1) is 13.2 Å². The van der Waals surface area contributed by atoms with Crippen LogP contribution in [-0.4, -0.2) is 49.3 Å². The summed E-state index contributed by atoms with van der Waals surface area (Å²) in [6.07, 6.45) is 56.8. The first-order chi connectivity index (χ1) is 27.8. The van der Waals surface area contributed by atoms with E-state index in [0.717, 1.165) is 64.2 Å². The van der Waals surface area contributed by atoms with E-state index in [9.17, 15) is 19.0 Å². The lowest BCUT2D eigenvalue weighted by molar-refractivity contribution is -0.161. The molecule has 0 saturated heterocycles. The van der Waals surface area contributed by atoms with E-state index >= 15 is 0 Å². The number of esters is 2.